The van der Waals surface area contributed by atoms with E-state index in [0.29, 0.717) is 19.0 Å². The molecular weight excluding hydrogens is 242 g/mol. The van der Waals surface area contributed by atoms with Crippen molar-refractivity contribution in [1.82, 2.24) is 4.90 Å². The molecule has 1 aromatic carbocycles. The average molecular weight is 261 g/mol. The summed E-state index contributed by atoms with van der Waals surface area (Å²) in [6.07, 6.45) is 1.82. The number of rotatable bonds is 3. The molecule has 4 nitrogen and oxygen atoms in total. The zero-order valence-electron chi connectivity index (χ0n) is 11.4. The Morgan fingerprint density at radius 3 is 2.21 bits per heavy atom. The summed E-state index contributed by atoms with van der Waals surface area (Å²) in [6, 6.07) is 8.07. The molecule has 0 saturated carbocycles. The highest BCUT2D eigenvalue weighted by Gasteiger charge is 2.25. The Bertz CT molecular complexity index is 459. The number of hydrogen-bond acceptors (Lipinski definition) is 3. The third-order valence-electron chi connectivity index (χ3n) is 3.67. The molecule has 1 amide bonds. The highest BCUT2D eigenvalue weighted by atomic mass is 16.5. The third-order valence-corrected chi connectivity index (χ3v) is 3.67. The molecule has 1 aliphatic rings. The molecule has 0 aliphatic carbocycles. The Balaban J connectivity index is 1.95. The standard InChI is InChI=1S/C15H19NO3/c1-11(17)15(18)16-9-7-13(8-10-16)12-3-5-14(19-2)6-4-12/h3-6,13H,7-10H2,1-2H3. The van der Waals surface area contributed by atoms with Crippen LogP contribution in [-0.2, 0) is 9.59 Å². The fourth-order valence-electron chi connectivity index (χ4n) is 2.51. The highest BCUT2D eigenvalue weighted by molar-refractivity contribution is 6.35. The number of nitrogens with zero attached hydrogens (tertiary/aromatic N) is 1. The summed E-state index contributed by atoms with van der Waals surface area (Å²) in [4.78, 5) is 24.3. The zero-order valence-corrected chi connectivity index (χ0v) is 11.4. The van der Waals surface area contributed by atoms with Crippen LogP contribution in [0.5, 0.6) is 5.75 Å². The van der Waals surface area contributed by atoms with Crippen LogP contribution in [-0.4, -0.2) is 36.8 Å². The maximum Gasteiger partial charge on any atom is 0.289 e. The van der Waals surface area contributed by atoms with E-state index in [1.165, 1.54) is 12.5 Å². The number of amides is 1. The Hall–Kier alpha value is -1.84. The summed E-state index contributed by atoms with van der Waals surface area (Å²) >= 11 is 0. The molecule has 102 valence electrons. The quantitative estimate of drug-likeness (QED) is 0.782. The van der Waals surface area contributed by atoms with Crippen LogP contribution in [0, 0.1) is 0 Å². The Morgan fingerprint density at radius 1 is 1.16 bits per heavy atom. The second-order valence-electron chi connectivity index (χ2n) is 4.90. The number of piperidine rings is 1. The van der Waals surface area contributed by atoms with Gasteiger partial charge in [0.05, 0.1) is 7.11 Å². The number of ether oxygens (including phenoxy) is 1. The van der Waals surface area contributed by atoms with E-state index < -0.39 is 0 Å². The van der Waals surface area contributed by atoms with Crippen molar-refractivity contribution in [3.05, 3.63) is 29.8 Å². The van der Waals surface area contributed by atoms with Crippen molar-refractivity contribution in [1.29, 1.82) is 0 Å². The van der Waals surface area contributed by atoms with Gasteiger partial charge in [0.2, 0.25) is 5.78 Å². The number of hydrogen-bond donors (Lipinski definition) is 0. The molecule has 0 bridgehead atoms. The summed E-state index contributed by atoms with van der Waals surface area (Å²) in [5.41, 5.74) is 1.27. The molecule has 1 aliphatic heterocycles. The summed E-state index contributed by atoms with van der Waals surface area (Å²) in [7, 11) is 1.65. The van der Waals surface area contributed by atoms with Gasteiger partial charge in [0.25, 0.3) is 5.91 Å². The van der Waals surface area contributed by atoms with Gasteiger partial charge in [0, 0.05) is 20.0 Å². The fourth-order valence-corrected chi connectivity index (χ4v) is 2.51. The number of likely N-dealkylation sites (tertiary alicyclic amines) is 1. The molecule has 0 aromatic heterocycles. The van der Waals surface area contributed by atoms with Crippen LogP contribution >= 0.6 is 0 Å². The Morgan fingerprint density at radius 2 is 1.74 bits per heavy atom. The van der Waals surface area contributed by atoms with Crippen molar-refractivity contribution in [2.45, 2.75) is 25.7 Å². The third kappa shape index (κ3) is 3.13. The van der Waals surface area contributed by atoms with E-state index in [1.54, 1.807) is 12.0 Å². The van der Waals surface area contributed by atoms with Crippen molar-refractivity contribution >= 4 is 11.7 Å². The lowest BCUT2D eigenvalue weighted by Crippen LogP contribution is -2.40. The monoisotopic (exact) mass is 261 g/mol. The molecular formula is C15H19NO3. The van der Waals surface area contributed by atoms with Crippen molar-refractivity contribution in [3.63, 3.8) is 0 Å². The van der Waals surface area contributed by atoms with Crippen LogP contribution in [0.15, 0.2) is 24.3 Å². The lowest BCUT2D eigenvalue weighted by Gasteiger charge is -2.31. The molecule has 0 spiro atoms. The smallest absolute Gasteiger partial charge is 0.289 e. The normalized spacial score (nSPS) is 16.2. The molecule has 0 N–H and O–H groups in total. The number of methoxy groups -OCH3 is 1. The lowest BCUT2D eigenvalue weighted by atomic mass is 9.89. The van der Waals surface area contributed by atoms with Crippen molar-refractivity contribution in [2.24, 2.45) is 0 Å². The van der Waals surface area contributed by atoms with Gasteiger partial charge >= 0.3 is 0 Å². The molecule has 1 saturated heterocycles. The number of benzene rings is 1. The minimum absolute atomic E-state index is 0.354. The topological polar surface area (TPSA) is 46.6 Å². The first-order chi connectivity index (χ1) is 9.11. The van der Waals surface area contributed by atoms with E-state index in [0.717, 1.165) is 18.6 Å². The lowest BCUT2D eigenvalue weighted by molar-refractivity contribution is -0.144. The molecule has 1 fully saturated rings. The fraction of sp³-hybridized carbons (Fsp3) is 0.467. The first-order valence-electron chi connectivity index (χ1n) is 6.55. The van der Waals surface area contributed by atoms with Crippen LogP contribution in [0.3, 0.4) is 0 Å². The van der Waals surface area contributed by atoms with Gasteiger partial charge in [0.15, 0.2) is 0 Å². The zero-order chi connectivity index (χ0) is 13.8. The van der Waals surface area contributed by atoms with E-state index in [9.17, 15) is 9.59 Å². The van der Waals surface area contributed by atoms with Crippen LogP contribution in [0.2, 0.25) is 0 Å². The van der Waals surface area contributed by atoms with Crippen LogP contribution in [0.4, 0.5) is 0 Å². The summed E-state index contributed by atoms with van der Waals surface area (Å²) in [5.74, 6) is 0.589. The van der Waals surface area contributed by atoms with E-state index in [1.807, 2.05) is 12.1 Å². The van der Waals surface area contributed by atoms with Gasteiger partial charge in [-0.05, 0) is 36.5 Å². The molecule has 1 heterocycles. The van der Waals surface area contributed by atoms with Gasteiger partial charge < -0.3 is 9.64 Å². The number of carbonyl (C=O) groups excluding carboxylic acids is 2. The molecule has 0 unspecified atom stereocenters. The Kier molecular flexibility index (Phi) is 4.20. The van der Waals surface area contributed by atoms with Gasteiger partial charge in [-0.15, -0.1) is 0 Å². The molecule has 0 atom stereocenters. The highest BCUT2D eigenvalue weighted by Crippen LogP contribution is 2.29. The number of ketones is 1. The average Bonchev–Trinajstić information content (AvgIpc) is 2.46. The van der Waals surface area contributed by atoms with Gasteiger partial charge in [-0.25, -0.2) is 0 Å². The summed E-state index contributed by atoms with van der Waals surface area (Å²) in [5, 5.41) is 0. The van der Waals surface area contributed by atoms with Gasteiger partial charge in [-0.2, -0.15) is 0 Å². The molecule has 2 rings (SSSR count). The number of carbonyl (C=O) groups is 2. The molecule has 19 heavy (non-hydrogen) atoms. The predicted molar refractivity (Wildman–Crippen MR) is 72.2 cm³/mol. The molecule has 0 radical (unpaired) electrons. The second kappa shape index (κ2) is 5.87. The van der Waals surface area contributed by atoms with E-state index in [2.05, 4.69) is 12.1 Å². The maximum absolute atomic E-state index is 11.6. The second-order valence-corrected chi connectivity index (χ2v) is 4.90. The number of Topliss-reactive ketones (excluding diaryl/α,β-unsaturated/α-hetero) is 1. The van der Waals surface area contributed by atoms with Crippen LogP contribution in [0.25, 0.3) is 0 Å². The van der Waals surface area contributed by atoms with Crippen molar-refractivity contribution in [2.75, 3.05) is 20.2 Å². The van der Waals surface area contributed by atoms with Gasteiger partial charge in [0.1, 0.15) is 5.75 Å². The maximum atomic E-state index is 11.6. The first kappa shape index (κ1) is 13.6. The minimum Gasteiger partial charge on any atom is -0.497 e. The molecule has 1 aromatic rings. The predicted octanol–water partition coefficient (Wildman–Crippen LogP) is 1.99. The molecule has 4 heteroatoms. The minimum atomic E-state index is -0.372. The summed E-state index contributed by atoms with van der Waals surface area (Å²) in [6.45, 7) is 2.65. The first-order valence-corrected chi connectivity index (χ1v) is 6.55. The van der Waals surface area contributed by atoms with Crippen LogP contribution < -0.4 is 4.74 Å². The van der Waals surface area contributed by atoms with E-state index >= 15 is 0 Å². The van der Waals surface area contributed by atoms with Crippen LogP contribution in [0.1, 0.15) is 31.2 Å². The van der Waals surface area contributed by atoms with E-state index in [4.69, 9.17) is 4.74 Å². The van der Waals surface area contributed by atoms with Gasteiger partial charge in [-0.3, -0.25) is 9.59 Å². The summed E-state index contributed by atoms with van der Waals surface area (Å²) < 4.78 is 5.14. The largest absolute Gasteiger partial charge is 0.497 e. The van der Waals surface area contributed by atoms with Crippen molar-refractivity contribution in [3.8, 4) is 5.75 Å². The Labute approximate surface area is 113 Å². The van der Waals surface area contributed by atoms with Crippen molar-refractivity contribution < 1.29 is 14.3 Å². The van der Waals surface area contributed by atoms with Gasteiger partial charge in [-0.1, -0.05) is 12.1 Å². The SMILES string of the molecule is COc1ccc(C2CCN(C(=O)C(C)=O)CC2)cc1. The van der Waals surface area contributed by atoms with E-state index in [-0.39, 0.29) is 11.7 Å².